The van der Waals surface area contributed by atoms with Gasteiger partial charge in [0.15, 0.2) is 5.96 Å². The van der Waals surface area contributed by atoms with Crippen molar-refractivity contribution in [2.75, 3.05) is 13.6 Å². The average Bonchev–Trinajstić information content (AvgIpc) is 3.05. The summed E-state index contributed by atoms with van der Waals surface area (Å²) in [6.07, 6.45) is 1.69. The summed E-state index contributed by atoms with van der Waals surface area (Å²) in [7, 11) is -1.97. The van der Waals surface area contributed by atoms with Crippen LogP contribution in [0.3, 0.4) is 0 Å². The van der Waals surface area contributed by atoms with Gasteiger partial charge in [0.1, 0.15) is 4.21 Å². The molecule has 0 aliphatic heterocycles. The van der Waals surface area contributed by atoms with E-state index >= 15 is 0 Å². The average molecular weight is 563 g/mol. The molecular formula is C16H21Cl2IN4O2S2. The number of thiophene rings is 1. The Morgan fingerprint density at radius 3 is 2.56 bits per heavy atom. The molecular weight excluding hydrogens is 542 g/mol. The van der Waals surface area contributed by atoms with Gasteiger partial charge in [-0.2, -0.15) is 0 Å². The van der Waals surface area contributed by atoms with Crippen molar-refractivity contribution in [1.82, 2.24) is 10.6 Å². The summed E-state index contributed by atoms with van der Waals surface area (Å²) in [5, 5.41) is 12.8. The van der Waals surface area contributed by atoms with Gasteiger partial charge in [0.05, 0.1) is 6.54 Å². The molecule has 150 valence electrons. The van der Waals surface area contributed by atoms with Gasteiger partial charge >= 0.3 is 0 Å². The second-order valence-electron chi connectivity index (χ2n) is 5.46. The van der Waals surface area contributed by atoms with Crippen molar-refractivity contribution in [3.05, 3.63) is 50.8 Å². The molecule has 2 aromatic rings. The highest BCUT2D eigenvalue weighted by Gasteiger charge is 2.11. The van der Waals surface area contributed by atoms with Crippen LogP contribution in [0.15, 0.2) is 39.5 Å². The van der Waals surface area contributed by atoms with E-state index in [0.29, 0.717) is 29.1 Å². The predicted molar refractivity (Wildman–Crippen MR) is 124 cm³/mol. The number of nitrogens with one attached hydrogen (secondary N) is 2. The molecule has 1 aromatic heterocycles. The number of nitrogens with two attached hydrogens (primary N) is 1. The number of sulfonamides is 1. The number of nitrogens with zero attached hydrogens (tertiary/aromatic N) is 1. The summed E-state index contributed by atoms with van der Waals surface area (Å²) in [5.41, 5.74) is 1.05. The van der Waals surface area contributed by atoms with Gasteiger partial charge in [-0.05, 0) is 42.7 Å². The SMILES string of the molecule is CN=C(NCCCc1ccc(Cl)cc1Cl)NCc1ccc(S(N)(=O)=O)s1.I. The number of benzene rings is 1. The summed E-state index contributed by atoms with van der Waals surface area (Å²) in [6.45, 7) is 1.17. The maximum absolute atomic E-state index is 11.3. The van der Waals surface area contributed by atoms with Gasteiger partial charge in [-0.25, -0.2) is 13.6 Å². The molecule has 0 unspecified atom stereocenters. The summed E-state index contributed by atoms with van der Waals surface area (Å²) in [4.78, 5) is 5.00. The Kier molecular flexibility index (Phi) is 10.3. The molecule has 0 aliphatic carbocycles. The minimum atomic E-state index is -3.65. The van der Waals surface area contributed by atoms with Crippen molar-refractivity contribution in [3.63, 3.8) is 0 Å². The number of aryl methyl sites for hydroxylation is 1. The van der Waals surface area contributed by atoms with Gasteiger partial charge in [0.25, 0.3) is 0 Å². The van der Waals surface area contributed by atoms with Crippen LogP contribution < -0.4 is 15.8 Å². The predicted octanol–water partition coefficient (Wildman–Crippen LogP) is 3.62. The highest BCUT2D eigenvalue weighted by molar-refractivity contribution is 14.0. The number of hydrogen-bond acceptors (Lipinski definition) is 4. The molecule has 6 nitrogen and oxygen atoms in total. The van der Waals surface area contributed by atoms with Crippen molar-refractivity contribution < 1.29 is 8.42 Å². The minimum absolute atomic E-state index is 0. The van der Waals surface area contributed by atoms with E-state index in [1.807, 2.05) is 12.1 Å². The Bertz CT molecular complexity index is 888. The molecule has 0 saturated heterocycles. The van der Waals surface area contributed by atoms with Gasteiger partial charge in [-0.15, -0.1) is 35.3 Å². The lowest BCUT2D eigenvalue weighted by Crippen LogP contribution is -2.37. The number of rotatable bonds is 7. The Balaban J connectivity index is 0.00000364. The van der Waals surface area contributed by atoms with Gasteiger partial charge in [0, 0.05) is 28.5 Å². The Morgan fingerprint density at radius 2 is 1.96 bits per heavy atom. The van der Waals surface area contributed by atoms with E-state index in [1.54, 1.807) is 19.2 Å². The zero-order valence-electron chi connectivity index (χ0n) is 14.5. The lowest BCUT2D eigenvalue weighted by Gasteiger charge is -2.11. The summed E-state index contributed by atoms with van der Waals surface area (Å²) >= 11 is 13.2. The zero-order valence-corrected chi connectivity index (χ0v) is 20.0. The van der Waals surface area contributed by atoms with E-state index in [4.69, 9.17) is 28.3 Å². The molecule has 0 bridgehead atoms. The molecule has 0 atom stereocenters. The van der Waals surface area contributed by atoms with Gasteiger partial charge < -0.3 is 10.6 Å². The van der Waals surface area contributed by atoms with E-state index in [0.717, 1.165) is 34.6 Å². The first kappa shape index (κ1) is 24.4. The molecule has 0 aliphatic rings. The molecule has 11 heteroatoms. The molecule has 1 aromatic carbocycles. The number of aliphatic imine (C=N–C) groups is 1. The van der Waals surface area contributed by atoms with E-state index in [9.17, 15) is 8.42 Å². The lowest BCUT2D eigenvalue weighted by molar-refractivity contribution is 0.600. The highest BCUT2D eigenvalue weighted by Crippen LogP contribution is 2.22. The monoisotopic (exact) mass is 562 g/mol. The van der Waals surface area contributed by atoms with Crippen LogP contribution in [0.5, 0.6) is 0 Å². The molecule has 4 N–H and O–H groups in total. The van der Waals surface area contributed by atoms with Gasteiger partial charge in [0.2, 0.25) is 10.0 Å². The zero-order chi connectivity index (χ0) is 19.2. The maximum atomic E-state index is 11.3. The second kappa shape index (κ2) is 11.4. The van der Waals surface area contributed by atoms with Crippen LogP contribution in [0.4, 0.5) is 0 Å². The van der Waals surface area contributed by atoms with Crippen molar-refractivity contribution in [3.8, 4) is 0 Å². The molecule has 0 amide bonds. The number of hydrogen-bond donors (Lipinski definition) is 3. The normalized spacial score (nSPS) is 11.8. The first-order valence-corrected chi connectivity index (χ1v) is 10.9. The van der Waals surface area contributed by atoms with Crippen LogP contribution >= 0.6 is 58.5 Å². The van der Waals surface area contributed by atoms with Crippen LogP contribution in [0.1, 0.15) is 16.9 Å². The fourth-order valence-electron chi connectivity index (χ4n) is 2.21. The van der Waals surface area contributed by atoms with E-state index in [1.165, 1.54) is 6.07 Å². The van der Waals surface area contributed by atoms with Crippen molar-refractivity contribution >= 4 is 74.5 Å². The summed E-state index contributed by atoms with van der Waals surface area (Å²) in [5.74, 6) is 0.637. The third-order valence-corrected chi connectivity index (χ3v) is 6.61. The van der Waals surface area contributed by atoms with Gasteiger partial charge in [-0.3, -0.25) is 4.99 Å². The van der Waals surface area contributed by atoms with Crippen molar-refractivity contribution in [1.29, 1.82) is 0 Å². The number of primary sulfonamides is 1. The van der Waals surface area contributed by atoms with E-state index in [2.05, 4.69) is 15.6 Å². The van der Waals surface area contributed by atoms with Crippen molar-refractivity contribution in [2.45, 2.75) is 23.6 Å². The molecule has 27 heavy (non-hydrogen) atoms. The maximum Gasteiger partial charge on any atom is 0.247 e. The first-order chi connectivity index (χ1) is 12.3. The van der Waals surface area contributed by atoms with Crippen LogP contribution in [-0.4, -0.2) is 28.0 Å². The summed E-state index contributed by atoms with van der Waals surface area (Å²) < 4.78 is 22.7. The summed E-state index contributed by atoms with van der Waals surface area (Å²) in [6, 6.07) is 8.73. The largest absolute Gasteiger partial charge is 0.356 e. The molecule has 0 fully saturated rings. The molecule has 0 spiro atoms. The second-order valence-corrected chi connectivity index (χ2v) is 9.26. The van der Waals surface area contributed by atoms with E-state index in [-0.39, 0.29) is 28.2 Å². The van der Waals surface area contributed by atoms with E-state index < -0.39 is 10.0 Å². The molecule has 1 heterocycles. The fourth-order valence-corrected chi connectivity index (χ4v) is 4.43. The standard InChI is InChI=1S/C16H20Cl2N4O2S2.HI/c1-20-16(22-10-13-6-7-15(25-13)26(19,23)24)21-8-2-3-11-4-5-12(17)9-14(11)18;/h4-7,9H,2-3,8,10H2,1H3,(H2,19,23,24)(H2,20,21,22);1H. The molecule has 0 radical (unpaired) electrons. The minimum Gasteiger partial charge on any atom is -0.356 e. The fraction of sp³-hybridized carbons (Fsp3) is 0.312. The molecule has 0 saturated carbocycles. The third-order valence-electron chi connectivity index (χ3n) is 3.50. The first-order valence-electron chi connectivity index (χ1n) is 7.79. The Hall–Kier alpha value is -0.590. The smallest absolute Gasteiger partial charge is 0.247 e. The lowest BCUT2D eigenvalue weighted by atomic mass is 10.1. The Morgan fingerprint density at radius 1 is 1.22 bits per heavy atom. The van der Waals surface area contributed by atoms with Crippen molar-refractivity contribution in [2.24, 2.45) is 10.1 Å². The van der Waals surface area contributed by atoms with Gasteiger partial charge in [-0.1, -0.05) is 29.3 Å². The topological polar surface area (TPSA) is 96.6 Å². The van der Waals surface area contributed by atoms with Crippen LogP contribution in [0, 0.1) is 0 Å². The number of halogens is 3. The quantitative estimate of drug-likeness (QED) is 0.208. The third kappa shape index (κ3) is 8.12. The van der Waals surface area contributed by atoms with Crippen LogP contribution in [0.25, 0.3) is 0 Å². The van der Waals surface area contributed by atoms with Crippen LogP contribution in [-0.2, 0) is 23.0 Å². The molecule has 2 rings (SSSR count). The van der Waals surface area contributed by atoms with Crippen LogP contribution in [0.2, 0.25) is 10.0 Å². The highest BCUT2D eigenvalue weighted by atomic mass is 127. The number of guanidine groups is 1. The Labute approximate surface area is 190 Å².